The minimum absolute atomic E-state index is 0.0396. The predicted octanol–water partition coefficient (Wildman–Crippen LogP) is 3.85. The zero-order valence-corrected chi connectivity index (χ0v) is 11.5. The molecule has 0 aliphatic heterocycles. The molecule has 1 N–H and O–H groups in total. The molecule has 0 aliphatic rings. The molecule has 0 spiro atoms. The van der Waals surface area contributed by atoms with Crippen LogP contribution in [0.2, 0.25) is 0 Å². The van der Waals surface area contributed by atoms with E-state index in [0.717, 1.165) is 5.75 Å². The summed E-state index contributed by atoms with van der Waals surface area (Å²) >= 11 is 0. The molecule has 2 aromatic rings. The van der Waals surface area contributed by atoms with Gasteiger partial charge in [0.25, 0.3) is 0 Å². The Balaban J connectivity index is 2.27. The maximum absolute atomic E-state index is 8.73. The first-order valence-corrected chi connectivity index (χ1v) is 6.65. The Morgan fingerprint density at radius 3 is 2.32 bits per heavy atom. The normalized spacial score (nSPS) is 10.7. The molecule has 0 bridgehead atoms. The Kier molecular flexibility index (Phi) is 4.58. The van der Waals surface area contributed by atoms with Crippen molar-refractivity contribution in [1.82, 2.24) is 0 Å². The van der Waals surface area contributed by atoms with Gasteiger partial charge in [-0.2, -0.15) is 0 Å². The van der Waals surface area contributed by atoms with E-state index in [-0.39, 0.29) is 6.61 Å². The van der Waals surface area contributed by atoms with E-state index in [9.17, 15) is 0 Å². The molecule has 0 heterocycles. The minimum Gasteiger partial charge on any atom is -0.491 e. The van der Waals surface area contributed by atoms with E-state index in [4.69, 9.17) is 9.84 Å². The third-order valence-electron chi connectivity index (χ3n) is 3.11. The van der Waals surface area contributed by atoms with Crippen LogP contribution < -0.4 is 4.74 Å². The summed E-state index contributed by atoms with van der Waals surface area (Å²) in [5.74, 6) is 1.29. The lowest BCUT2D eigenvalue weighted by molar-refractivity contribution is 0.201. The van der Waals surface area contributed by atoms with Gasteiger partial charge in [0, 0.05) is 0 Å². The molecule has 2 aromatic carbocycles. The Morgan fingerprint density at radius 2 is 1.68 bits per heavy atom. The van der Waals surface area contributed by atoms with E-state index in [1.54, 1.807) is 0 Å². The van der Waals surface area contributed by atoms with Crippen LogP contribution in [0.5, 0.6) is 5.75 Å². The standard InChI is InChI=1S/C17H20O2/c1-13(2)16-5-3-4-6-17(16)14-7-9-15(10-8-14)19-12-11-18/h3-10,13,18H,11-12H2,1-2H3. The van der Waals surface area contributed by atoms with E-state index in [2.05, 4.69) is 50.2 Å². The fraction of sp³-hybridized carbons (Fsp3) is 0.294. The summed E-state index contributed by atoms with van der Waals surface area (Å²) < 4.78 is 5.37. The van der Waals surface area contributed by atoms with Crippen LogP contribution in [0.1, 0.15) is 25.3 Å². The summed E-state index contributed by atoms with van der Waals surface area (Å²) in [6.45, 7) is 4.79. The third-order valence-corrected chi connectivity index (χ3v) is 3.11. The SMILES string of the molecule is CC(C)c1ccccc1-c1ccc(OCCO)cc1. The predicted molar refractivity (Wildman–Crippen MR) is 78.5 cm³/mol. The lowest BCUT2D eigenvalue weighted by atomic mass is 9.93. The summed E-state index contributed by atoms with van der Waals surface area (Å²) in [5.41, 5.74) is 3.82. The summed E-state index contributed by atoms with van der Waals surface area (Å²) in [7, 11) is 0. The summed E-state index contributed by atoms with van der Waals surface area (Å²) in [6.07, 6.45) is 0. The first-order valence-electron chi connectivity index (χ1n) is 6.65. The minimum atomic E-state index is 0.0396. The van der Waals surface area contributed by atoms with Gasteiger partial charge in [0.1, 0.15) is 12.4 Å². The fourth-order valence-electron chi connectivity index (χ4n) is 2.16. The highest BCUT2D eigenvalue weighted by Gasteiger charge is 2.07. The van der Waals surface area contributed by atoms with Crippen LogP contribution >= 0.6 is 0 Å². The van der Waals surface area contributed by atoms with Gasteiger partial charge in [-0.15, -0.1) is 0 Å². The average Bonchev–Trinajstić information content (AvgIpc) is 2.45. The Morgan fingerprint density at radius 1 is 1.00 bits per heavy atom. The maximum atomic E-state index is 8.73. The maximum Gasteiger partial charge on any atom is 0.119 e. The Hall–Kier alpha value is -1.80. The van der Waals surface area contributed by atoms with E-state index in [1.807, 2.05) is 12.1 Å². The van der Waals surface area contributed by atoms with Gasteiger partial charge in [-0.25, -0.2) is 0 Å². The molecule has 2 heteroatoms. The zero-order valence-electron chi connectivity index (χ0n) is 11.5. The molecule has 0 unspecified atom stereocenters. The van der Waals surface area contributed by atoms with Crippen molar-refractivity contribution >= 4 is 0 Å². The van der Waals surface area contributed by atoms with Crippen molar-refractivity contribution in [2.75, 3.05) is 13.2 Å². The summed E-state index contributed by atoms with van der Waals surface area (Å²) in [6, 6.07) is 16.5. The van der Waals surface area contributed by atoms with Crippen molar-refractivity contribution in [3.8, 4) is 16.9 Å². The van der Waals surface area contributed by atoms with Gasteiger partial charge in [-0.05, 0) is 34.7 Å². The van der Waals surface area contributed by atoms with Crippen LogP contribution in [0.4, 0.5) is 0 Å². The van der Waals surface area contributed by atoms with Crippen molar-refractivity contribution < 1.29 is 9.84 Å². The molecular formula is C17H20O2. The molecule has 0 amide bonds. The highest BCUT2D eigenvalue weighted by atomic mass is 16.5. The summed E-state index contributed by atoms with van der Waals surface area (Å²) in [5, 5.41) is 8.73. The van der Waals surface area contributed by atoms with Crippen LogP contribution in [-0.2, 0) is 0 Å². The number of hydrogen-bond donors (Lipinski definition) is 1. The van der Waals surface area contributed by atoms with Gasteiger partial charge in [0.15, 0.2) is 0 Å². The number of rotatable bonds is 5. The van der Waals surface area contributed by atoms with E-state index < -0.39 is 0 Å². The zero-order chi connectivity index (χ0) is 13.7. The van der Waals surface area contributed by atoms with Crippen molar-refractivity contribution in [3.05, 3.63) is 54.1 Å². The van der Waals surface area contributed by atoms with Gasteiger partial charge >= 0.3 is 0 Å². The van der Waals surface area contributed by atoms with Crippen LogP contribution in [-0.4, -0.2) is 18.3 Å². The molecular weight excluding hydrogens is 236 g/mol. The van der Waals surface area contributed by atoms with Crippen molar-refractivity contribution in [2.24, 2.45) is 0 Å². The first-order chi connectivity index (χ1) is 9.22. The highest BCUT2D eigenvalue weighted by molar-refractivity contribution is 5.68. The quantitative estimate of drug-likeness (QED) is 0.880. The third kappa shape index (κ3) is 3.36. The van der Waals surface area contributed by atoms with Crippen molar-refractivity contribution in [2.45, 2.75) is 19.8 Å². The van der Waals surface area contributed by atoms with Gasteiger partial charge in [0.05, 0.1) is 6.61 Å². The molecule has 0 aromatic heterocycles. The second-order valence-electron chi connectivity index (χ2n) is 4.84. The number of ether oxygens (including phenoxy) is 1. The number of aliphatic hydroxyl groups is 1. The Labute approximate surface area is 114 Å². The largest absolute Gasteiger partial charge is 0.491 e. The monoisotopic (exact) mass is 256 g/mol. The highest BCUT2D eigenvalue weighted by Crippen LogP contribution is 2.30. The van der Waals surface area contributed by atoms with Crippen molar-refractivity contribution in [3.63, 3.8) is 0 Å². The van der Waals surface area contributed by atoms with Gasteiger partial charge in [-0.1, -0.05) is 50.2 Å². The van der Waals surface area contributed by atoms with E-state index >= 15 is 0 Å². The van der Waals surface area contributed by atoms with Crippen LogP contribution in [0.15, 0.2) is 48.5 Å². The molecule has 0 aliphatic carbocycles. The van der Waals surface area contributed by atoms with E-state index in [1.165, 1.54) is 16.7 Å². The number of hydrogen-bond acceptors (Lipinski definition) is 2. The lowest BCUT2D eigenvalue weighted by Gasteiger charge is -2.13. The molecule has 100 valence electrons. The molecule has 0 saturated carbocycles. The second kappa shape index (κ2) is 6.39. The van der Waals surface area contributed by atoms with Crippen LogP contribution in [0.3, 0.4) is 0 Å². The van der Waals surface area contributed by atoms with Crippen LogP contribution in [0.25, 0.3) is 11.1 Å². The molecule has 0 atom stereocenters. The first kappa shape index (κ1) is 13.6. The molecule has 0 radical (unpaired) electrons. The fourth-order valence-corrected chi connectivity index (χ4v) is 2.16. The lowest BCUT2D eigenvalue weighted by Crippen LogP contribution is -2.01. The molecule has 2 rings (SSSR count). The molecule has 0 fully saturated rings. The smallest absolute Gasteiger partial charge is 0.119 e. The van der Waals surface area contributed by atoms with Crippen LogP contribution in [0, 0.1) is 0 Å². The van der Waals surface area contributed by atoms with Crippen molar-refractivity contribution in [1.29, 1.82) is 0 Å². The van der Waals surface area contributed by atoms with Gasteiger partial charge in [0.2, 0.25) is 0 Å². The molecule has 19 heavy (non-hydrogen) atoms. The van der Waals surface area contributed by atoms with Gasteiger partial charge in [-0.3, -0.25) is 0 Å². The Bertz CT molecular complexity index is 515. The molecule has 0 saturated heterocycles. The summed E-state index contributed by atoms with van der Waals surface area (Å²) in [4.78, 5) is 0. The van der Waals surface area contributed by atoms with Gasteiger partial charge < -0.3 is 9.84 Å². The number of aliphatic hydroxyl groups excluding tert-OH is 1. The van der Waals surface area contributed by atoms with E-state index in [0.29, 0.717) is 12.5 Å². The second-order valence-corrected chi connectivity index (χ2v) is 4.84. The number of benzene rings is 2. The molecule has 2 nitrogen and oxygen atoms in total. The topological polar surface area (TPSA) is 29.5 Å². The average molecular weight is 256 g/mol.